The molecule has 7 nitrogen and oxygen atoms in total. The van der Waals surface area contributed by atoms with Crippen molar-refractivity contribution >= 4 is 62.3 Å². The second kappa shape index (κ2) is 14.7. The largest absolute Gasteiger partial charge is 0.350 e. The van der Waals surface area contributed by atoms with Gasteiger partial charge in [0.15, 0.2) is 0 Å². The van der Waals surface area contributed by atoms with Crippen molar-refractivity contribution in [1.29, 1.82) is 0 Å². The molecule has 45 heavy (non-hydrogen) atoms. The van der Waals surface area contributed by atoms with Crippen molar-refractivity contribution in [3.63, 3.8) is 0 Å². The normalized spacial score (nSPS) is 12.3. The van der Waals surface area contributed by atoms with Crippen LogP contribution in [0.15, 0.2) is 108 Å². The average molecular weight is 687 g/mol. The van der Waals surface area contributed by atoms with Gasteiger partial charge in [0.05, 0.1) is 15.6 Å². The first-order valence-corrected chi connectivity index (χ1v) is 16.8. The molecule has 0 spiro atoms. The Balaban J connectivity index is 1.85. The Labute approximate surface area is 279 Å². The summed E-state index contributed by atoms with van der Waals surface area (Å²) in [4.78, 5) is 29.8. The molecule has 0 bridgehead atoms. The molecule has 0 saturated heterocycles. The highest BCUT2D eigenvalue weighted by Gasteiger charge is 2.36. The van der Waals surface area contributed by atoms with Gasteiger partial charge in [-0.05, 0) is 68.3 Å². The van der Waals surface area contributed by atoms with Crippen LogP contribution >= 0.6 is 34.8 Å². The van der Waals surface area contributed by atoms with Crippen LogP contribution in [0.5, 0.6) is 0 Å². The number of rotatable bonds is 11. The summed E-state index contributed by atoms with van der Waals surface area (Å²) in [5.41, 5.74) is 0.822. The lowest BCUT2D eigenvalue weighted by atomic mass is 10.0. The van der Waals surface area contributed by atoms with Gasteiger partial charge in [-0.3, -0.25) is 13.9 Å². The summed E-state index contributed by atoms with van der Waals surface area (Å²) in [5, 5.41) is 3.71. The van der Waals surface area contributed by atoms with Crippen LogP contribution in [0, 0.1) is 0 Å². The van der Waals surface area contributed by atoms with Crippen molar-refractivity contribution in [2.24, 2.45) is 0 Å². The summed E-state index contributed by atoms with van der Waals surface area (Å²) in [5.74, 6) is -1.04. The smallest absolute Gasteiger partial charge is 0.264 e. The number of carbonyl (C=O) groups excluding carboxylic acids is 2. The minimum atomic E-state index is -4.32. The minimum absolute atomic E-state index is 0.0258. The van der Waals surface area contributed by atoms with E-state index in [0.29, 0.717) is 10.6 Å². The second-order valence-electron chi connectivity index (χ2n) is 11.5. The van der Waals surface area contributed by atoms with Crippen molar-refractivity contribution in [3.8, 4) is 0 Å². The third-order valence-electron chi connectivity index (χ3n) is 6.85. The molecule has 0 fully saturated rings. The fourth-order valence-electron chi connectivity index (χ4n) is 4.73. The van der Waals surface area contributed by atoms with E-state index in [-0.39, 0.29) is 33.6 Å². The predicted octanol–water partition coefficient (Wildman–Crippen LogP) is 7.40. The fourth-order valence-corrected chi connectivity index (χ4v) is 6.80. The molecule has 0 aliphatic rings. The van der Waals surface area contributed by atoms with Crippen LogP contribution in [0.2, 0.25) is 15.1 Å². The molecule has 4 aromatic rings. The zero-order chi connectivity index (χ0) is 32.8. The Kier molecular flexibility index (Phi) is 11.2. The van der Waals surface area contributed by atoms with Gasteiger partial charge in [-0.2, -0.15) is 0 Å². The molecule has 0 aromatic heterocycles. The molecule has 0 radical (unpaired) electrons. The summed E-state index contributed by atoms with van der Waals surface area (Å²) < 4.78 is 29.1. The summed E-state index contributed by atoms with van der Waals surface area (Å²) >= 11 is 19.3. The van der Waals surface area contributed by atoms with Crippen LogP contribution in [-0.4, -0.2) is 43.3 Å². The van der Waals surface area contributed by atoms with Gasteiger partial charge in [0, 0.05) is 28.5 Å². The van der Waals surface area contributed by atoms with Gasteiger partial charge in [0.1, 0.15) is 12.6 Å². The summed E-state index contributed by atoms with van der Waals surface area (Å²) in [6, 6.07) is 27.4. The molecule has 0 aliphatic heterocycles. The lowest BCUT2D eigenvalue weighted by Gasteiger charge is -2.35. The van der Waals surface area contributed by atoms with E-state index in [1.807, 2.05) is 51.1 Å². The SMILES string of the molecule is CC(C)(C)NC(=O)C(Cc1ccccc1)N(Cc1ccccc1Cl)C(=O)CN(c1cc(Cl)ccc1Cl)S(=O)(=O)c1ccccc1. The van der Waals surface area contributed by atoms with Gasteiger partial charge >= 0.3 is 0 Å². The van der Waals surface area contributed by atoms with E-state index in [9.17, 15) is 18.0 Å². The highest BCUT2D eigenvalue weighted by molar-refractivity contribution is 7.92. The van der Waals surface area contributed by atoms with Gasteiger partial charge in [-0.15, -0.1) is 0 Å². The van der Waals surface area contributed by atoms with E-state index in [4.69, 9.17) is 34.8 Å². The molecule has 11 heteroatoms. The van der Waals surface area contributed by atoms with E-state index in [1.54, 1.807) is 42.5 Å². The molecule has 0 saturated carbocycles. The number of anilines is 1. The Bertz CT molecular complexity index is 1750. The molecule has 0 heterocycles. The van der Waals surface area contributed by atoms with Gasteiger partial charge in [-0.1, -0.05) is 102 Å². The highest BCUT2D eigenvalue weighted by Crippen LogP contribution is 2.33. The maximum Gasteiger partial charge on any atom is 0.264 e. The third kappa shape index (κ3) is 9.01. The number of carbonyl (C=O) groups is 2. The summed E-state index contributed by atoms with van der Waals surface area (Å²) in [7, 11) is -4.32. The van der Waals surface area contributed by atoms with Crippen LogP contribution in [0.4, 0.5) is 5.69 Å². The number of hydrogen-bond acceptors (Lipinski definition) is 4. The first kappa shape index (κ1) is 34.3. The fraction of sp³-hybridized carbons (Fsp3) is 0.235. The molecule has 2 amide bonds. The standard InChI is InChI=1S/C34H34Cl3N3O4S/c1-34(2,3)38-33(42)31(20-24-12-6-4-7-13-24)39(22-25-14-10-11-17-28(25)36)32(41)23-40(30-21-26(35)18-19-29(30)37)45(43,44)27-15-8-5-9-16-27/h4-19,21,31H,20,22-23H2,1-3H3,(H,38,42). The first-order chi connectivity index (χ1) is 21.3. The monoisotopic (exact) mass is 685 g/mol. The number of nitrogens with one attached hydrogen (secondary N) is 1. The Hall–Kier alpha value is -3.56. The topological polar surface area (TPSA) is 86.8 Å². The number of sulfonamides is 1. The van der Waals surface area contributed by atoms with Gasteiger partial charge in [0.2, 0.25) is 11.8 Å². The molecule has 1 atom stereocenters. The maximum absolute atomic E-state index is 14.5. The van der Waals surface area contributed by atoms with Crippen molar-refractivity contribution in [3.05, 3.63) is 129 Å². The van der Waals surface area contributed by atoms with Crippen LogP contribution in [0.3, 0.4) is 0 Å². The summed E-state index contributed by atoms with van der Waals surface area (Å²) in [6.07, 6.45) is 0.169. The first-order valence-electron chi connectivity index (χ1n) is 14.2. The van der Waals surface area contributed by atoms with E-state index in [0.717, 1.165) is 9.87 Å². The predicted molar refractivity (Wildman–Crippen MR) is 181 cm³/mol. The number of halogens is 3. The average Bonchev–Trinajstić information content (AvgIpc) is 2.99. The van der Waals surface area contributed by atoms with E-state index in [1.165, 1.54) is 35.2 Å². The second-order valence-corrected chi connectivity index (χ2v) is 14.6. The van der Waals surface area contributed by atoms with Crippen LogP contribution in [0.1, 0.15) is 31.9 Å². The van der Waals surface area contributed by atoms with Crippen LogP contribution in [-0.2, 0) is 32.6 Å². The van der Waals surface area contributed by atoms with Gasteiger partial charge < -0.3 is 10.2 Å². The Morgan fingerprint density at radius 1 is 0.800 bits per heavy atom. The van der Waals surface area contributed by atoms with Crippen molar-refractivity contribution in [1.82, 2.24) is 10.2 Å². The van der Waals surface area contributed by atoms with Crippen LogP contribution < -0.4 is 9.62 Å². The van der Waals surface area contributed by atoms with Gasteiger partial charge in [-0.25, -0.2) is 8.42 Å². The number of nitrogens with zero attached hydrogens (tertiary/aromatic N) is 2. The molecule has 236 valence electrons. The van der Waals surface area contributed by atoms with E-state index < -0.39 is 40.0 Å². The molecule has 1 unspecified atom stereocenters. The molecule has 0 aliphatic carbocycles. The molecule has 4 aromatic carbocycles. The highest BCUT2D eigenvalue weighted by atomic mass is 35.5. The molecule has 1 N–H and O–H groups in total. The lowest BCUT2D eigenvalue weighted by molar-refractivity contribution is -0.140. The van der Waals surface area contributed by atoms with Crippen LogP contribution in [0.25, 0.3) is 0 Å². The Morgan fingerprint density at radius 2 is 1.40 bits per heavy atom. The minimum Gasteiger partial charge on any atom is -0.350 e. The van der Waals surface area contributed by atoms with Crippen molar-refractivity contribution in [2.75, 3.05) is 10.8 Å². The third-order valence-corrected chi connectivity index (χ3v) is 9.55. The zero-order valence-corrected chi connectivity index (χ0v) is 28.2. The Morgan fingerprint density at radius 3 is 2.02 bits per heavy atom. The molecule has 4 rings (SSSR count). The number of benzene rings is 4. The van der Waals surface area contributed by atoms with Crippen molar-refractivity contribution in [2.45, 2.75) is 50.2 Å². The lowest BCUT2D eigenvalue weighted by Crippen LogP contribution is -2.56. The van der Waals surface area contributed by atoms with Crippen molar-refractivity contribution < 1.29 is 18.0 Å². The molecular weight excluding hydrogens is 653 g/mol. The molecular formula is C34H34Cl3N3O4S. The quantitative estimate of drug-likeness (QED) is 0.178. The van der Waals surface area contributed by atoms with Gasteiger partial charge in [0.25, 0.3) is 10.0 Å². The summed E-state index contributed by atoms with van der Waals surface area (Å²) in [6.45, 7) is 4.81. The zero-order valence-electron chi connectivity index (χ0n) is 25.1. The number of amides is 2. The number of hydrogen-bond donors (Lipinski definition) is 1. The maximum atomic E-state index is 14.5. The van der Waals surface area contributed by atoms with E-state index in [2.05, 4.69) is 5.32 Å². The van der Waals surface area contributed by atoms with E-state index >= 15 is 0 Å².